The molecule has 28 heavy (non-hydrogen) atoms. The van der Waals surface area contributed by atoms with Crippen molar-refractivity contribution in [3.05, 3.63) is 36.2 Å². The molecule has 0 spiro atoms. The maximum Gasteiger partial charge on any atom is 0.167 e. The van der Waals surface area contributed by atoms with Crippen LogP contribution in [0.5, 0.6) is 0 Å². The summed E-state index contributed by atoms with van der Waals surface area (Å²) in [6.07, 6.45) is 6.85. The normalized spacial score (nSPS) is 30.0. The van der Waals surface area contributed by atoms with Crippen molar-refractivity contribution in [2.75, 3.05) is 26.2 Å². The summed E-state index contributed by atoms with van der Waals surface area (Å²) in [5, 5.41) is 9.29. The fourth-order valence-corrected chi connectivity index (χ4v) is 5.51. The fourth-order valence-electron chi connectivity index (χ4n) is 5.51. The molecule has 4 atom stereocenters. The van der Waals surface area contributed by atoms with Crippen molar-refractivity contribution in [1.29, 1.82) is 0 Å². The Morgan fingerprint density at radius 1 is 0.714 bits per heavy atom. The number of nitrogens with zero attached hydrogens (tertiary/aromatic N) is 6. The molecule has 0 amide bonds. The van der Waals surface area contributed by atoms with Gasteiger partial charge < -0.3 is 0 Å². The molecule has 0 bridgehead atoms. The third-order valence-electron chi connectivity index (χ3n) is 6.21. The highest BCUT2D eigenvalue weighted by Gasteiger charge is 2.26. The summed E-state index contributed by atoms with van der Waals surface area (Å²) in [7, 11) is 0. The summed E-state index contributed by atoms with van der Waals surface area (Å²) >= 11 is 0. The van der Waals surface area contributed by atoms with E-state index >= 15 is 0 Å². The van der Waals surface area contributed by atoms with Gasteiger partial charge in [0.1, 0.15) is 0 Å². The Morgan fingerprint density at radius 2 is 1.11 bits per heavy atom. The van der Waals surface area contributed by atoms with Crippen LogP contribution >= 0.6 is 0 Å². The van der Waals surface area contributed by atoms with Crippen LogP contribution in [0.1, 0.15) is 52.2 Å². The van der Waals surface area contributed by atoms with E-state index in [0.29, 0.717) is 0 Å². The minimum Gasteiger partial charge on any atom is -0.295 e. The van der Waals surface area contributed by atoms with Crippen LogP contribution in [0.4, 0.5) is 0 Å². The van der Waals surface area contributed by atoms with Gasteiger partial charge in [-0.3, -0.25) is 14.5 Å². The molecule has 4 rings (SSSR count). The van der Waals surface area contributed by atoms with Crippen LogP contribution in [-0.2, 0) is 13.1 Å². The summed E-state index contributed by atoms with van der Waals surface area (Å²) in [5.74, 6) is 5.10. The van der Waals surface area contributed by atoms with E-state index in [1.165, 1.54) is 12.8 Å². The number of likely N-dealkylation sites (tertiary alicyclic amines) is 2. The highest BCUT2D eigenvalue weighted by molar-refractivity contribution is 5.02. The van der Waals surface area contributed by atoms with Gasteiger partial charge in [-0.05, 0) is 48.6 Å². The van der Waals surface area contributed by atoms with Gasteiger partial charge in [-0.2, -0.15) is 0 Å². The van der Waals surface area contributed by atoms with E-state index in [2.05, 4.69) is 81.6 Å². The Morgan fingerprint density at radius 3 is 1.50 bits per heavy atom. The van der Waals surface area contributed by atoms with Gasteiger partial charge in [0.15, 0.2) is 11.6 Å². The Hall–Kier alpha value is -1.66. The fraction of sp³-hybridized carbons (Fsp3) is 0.727. The number of hydrogen-bond donors (Lipinski definition) is 0. The van der Waals surface area contributed by atoms with Gasteiger partial charge in [0.2, 0.25) is 0 Å². The van der Waals surface area contributed by atoms with Crippen molar-refractivity contribution in [1.82, 2.24) is 29.3 Å². The topological polar surface area (TPSA) is 42.1 Å². The van der Waals surface area contributed by atoms with Crippen LogP contribution in [0, 0.1) is 23.7 Å². The van der Waals surface area contributed by atoms with Crippen LogP contribution in [0.15, 0.2) is 24.5 Å². The van der Waals surface area contributed by atoms with Crippen molar-refractivity contribution in [3.63, 3.8) is 0 Å². The molecule has 0 aromatic carbocycles. The molecule has 0 saturated carbocycles. The first-order valence-corrected chi connectivity index (χ1v) is 11.0. The SMILES string of the molecule is C[C@@H]1C[C@@H](C)CN(Cc2nnc(CN3C[C@H](C)C[C@@H](C)C3)n2-n2cccc2)C1. The van der Waals surface area contributed by atoms with Gasteiger partial charge in [-0.1, -0.05) is 27.7 Å². The minimum absolute atomic E-state index is 0.752. The molecule has 2 aliphatic heterocycles. The lowest BCUT2D eigenvalue weighted by molar-refractivity contribution is 0.125. The minimum atomic E-state index is 0.752. The van der Waals surface area contributed by atoms with E-state index in [4.69, 9.17) is 0 Å². The summed E-state index contributed by atoms with van der Waals surface area (Å²) in [6, 6.07) is 4.15. The molecule has 2 aromatic rings. The highest BCUT2D eigenvalue weighted by atomic mass is 15.5. The summed E-state index contributed by atoms with van der Waals surface area (Å²) in [4.78, 5) is 5.11. The molecule has 0 N–H and O–H groups in total. The number of piperidine rings is 2. The monoisotopic (exact) mass is 384 g/mol. The number of rotatable bonds is 5. The predicted molar refractivity (Wildman–Crippen MR) is 112 cm³/mol. The molecular weight excluding hydrogens is 348 g/mol. The molecule has 2 saturated heterocycles. The average molecular weight is 385 g/mol. The molecule has 6 nitrogen and oxygen atoms in total. The third kappa shape index (κ3) is 4.49. The second-order valence-corrected chi connectivity index (χ2v) is 9.69. The van der Waals surface area contributed by atoms with Crippen LogP contribution in [-0.4, -0.2) is 55.5 Å². The Kier molecular flexibility index (Phi) is 5.88. The zero-order valence-corrected chi connectivity index (χ0v) is 18.0. The first-order chi connectivity index (χ1) is 13.5. The van der Waals surface area contributed by atoms with Gasteiger partial charge >= 0.3 is 0 Å². The standard InChI is InChI=1S/C22H36N6/c1-17-9-18(2)12-25(11-17)15-21-23-24-22(28(21)27-7-5-6-8-27)16-26-13-19(3)10-20(4)14-26/h5-8,17-20H,9-16H2,1-4H3/t17-,18-,19-,20-/m1/s1. The smallest absolute Gasteiger partial charge is 0.167 e. The highest BCUT2D eigenvalue weighted by Crippen LogP contribution is 2.24. The van der Waals surface area contributed by atoms with Crippen LogP contribution < -0.4 is 0 Å². The van der Waals surface area contributed by atoms with Crippen LogP contribution in [0.25, 0.3) is 0 Å². The van der Waals surface area contributed by atoms with E-state index in [1.807, 2.05) is 0 Å². The lowest BCUT2D eigenvalue weighted by Gasteiger charge is -2.35. The van der Waals surface area contributed by atoms with Crippen LogP contribution in [0.3, 0.4) is 0 Å². The quantitative estimate of drug-likeness (QED) is 0.793. The average Bonchev–Trinajstić information content (AvgIpc) is 3.23. The van der Waals surface area contributed by atoms with Crippen molar-refractivity contribution < 1.29 is 0 Å². The van der Waals surface area contributed by atoms with Crippen molar-refractivity contribution >= 4 is 0 Å². The van der Waals surface area contributed by atoms with E-state index in [0.717, 1.165) is 74.6 Å². The number of hydrogen-bond acceptors (Lipinski definition) is 4. The van der Waals surface area contributed by atoms with Crippen LogP contribution in [0.2, 0.25) is 0 Å². The molecule has 2 aliphatic rings. The van der Waals surface area contributed by atoms with E-state index in [9.17, 15) is 0 Å². The molecule has 4 heterocycles. The maximum absolute atomic E-state index is 4.64. The van der Waals surface area contributed by atoms with Gasteiger partial charge in [-0.15, -0.1) is 10.2 Å². The summed E-state index contributed by atoms with van der Waals surface area (Å²) < 4.78 is 4.37. The van der Waals surface area contributed by atoms with E-state index < -0.39 is 0 Å². The molecule has 0 radical (unpaired) electrons. The van der Waals surface area contributed by atoms with Crippen molar-refractivity contribution in [3.8, 4) is 0 Å². The van der Waals surface area contributed by atoms with Crippen molar-refractivity contribution in [2.45, 2.75) is 53.6 Å². The molecule has 2 aromatic heterocycles. The number of aromatic nitrogens is 4. The zero-order chi connectivity index (χ0) is 19.7. The Balaban J connectivity index is 1.56. The molecule has 6 heteroatoms. The third-order valence-corrected chi connectivity index (χ3v) is 6.21. The Bertz CT molecular complexity index is 686. The second-order valence-electron chi connectivity index (χ2n) is 9.69. The second kappa shape index (κ2) is 8.37. The van der Waals surface area contributed by atoms with Gasteiger partial charge in [0.25, 0.3) is 0 Å². The van der Waals surface area contributed by atoms with Gasteiger partial charge in [0.05, 0.1) is 13.1 Å². The van der Waals surface area contributed by atoms with Gasteiger partial charge in [0, 0.05) is 38.6 Å². The molecular formula is C22H36N6. The zero-order valence-electron chi connectivity index (χ0n) is 18.0. The Labute approximate surface area is 169 Å². The summed E-state index contributed by atoms with van der Waals surface area (Å²) in [5.41, 5.74) is 0. The van der Waals surface area contributed by atoms with Crippen molar-refractivity contribution in [2.24, 2.45) is 23.7 Å². The first kappa shape index (κ1) is 19.6. The molecule has 0 unspecified atom stereocenters. The maximum atomic E-state index is 4.64. The molecule has 2 fully saturated rings. The molecule has 154 valence electrons. The lowest BCUT2D eigenvalue weighted by atomic mass is 9.92. The van der Waals surface area contributed by atoms with E-state index in [1.54, 1.807) is 0 Å². The molecule has 0 aliphatic carbocycles. The predicted octanol–water partition coefficient (Wildman–Crippen LogP) is 3.35. The lowest BCUT2D eigenvalue weighted by Crippen LogP contribution is -2.40. The van der Waals surface area contributed by atoms with E-state index in [-0.39, 0.29) is 0 Å². The summed E-state index contributed by atoms with van der Waals surface area (Å²) in [6.45, 7) is 15.8. The largest absolute Gasteiger partial charge is 0.295 e. The first-order valence-electron chi connectivity index (χ1n) is 11.0. The van der Waals surface area contributed by atoms with Gasteiger partial charge in [-0.25, -0.2) is 4.68 Å².